The van der Waals surface area contributed by atoms with E-state index in [9.17, 15) is 36.4 Å². The largest absolute Gasteiger partial charge is 0.573 e. The Morgan fingerprint density at radius 3 is 2.37 bits per heavy atom. The highest BCUT2D eigenvalue weighted by Crippen LogP contribution is 2.43. The van der Waals surface area contributed by atoms with E-state index < -0.39 is 56.8 Å². The van der Waals surface area contributed by atoms with Gasteiger partial charge in [0.1, 0.15) is 22.8 Å². The van der Waals surface area contributed by atoms with Gasteiger partial charge < -0.3 is 24.1 Å². The number of ether oxygens (including phenoxy) is 2. The fraction of sp³-hybridized carbons (Fsp3) is 0.353. The topological polar surface area (TPSA) is 178 Å². The lowest BCUT2D eigenvalue weighted by molar-refractivity contribution is -0.274. The molecule has 1 atom stereocenters. The van der Waals surface area contributed by atoms with Gasteiger partial charge in [-0.05, 0) is 75.9 Å². The second-order valence-corrected chi connectivity index (χ2v) is 15.2. The smallest absolute Gasteiger partial charge is 0.444 e. The molecule has 1 aliphatic heterocycles. The average Bonchev–Trinajstić information content (AvgIpc) is 3.50. The predicted octanol–water partition coefficient (Wildman–Crippen LogP) is 5.86. The van der Waals surface area contributed by atoms with Crippen LogP contribution in [-0.2, 0) is 31.3 Å². The molecule has 1 saturated carbocycles. The molecular formula is C34H31F3N6O7S. The molecular weight excluding hydrogens is 693 g/mol. The number of alkyl carbamates (subject to hydrolysis) is 1. The Morgan fingerprint density at radius 2 is 1.78 bits per heavy atom. The number of nitrogens with one attached hydrogen (secondary N) is 1. The molecule has 266 valence electrons. The quantitative estimate of drug-likeness (QED) is 0.242. The summed E-state index contributed by atoms with van der Waals surface area (Å²) in [6, 6.07) is 14.0. The number of amides is 2. The van der Waals surface area contributed by atoms with E-state index in [0.29, 0.717) is 35.2 Å². The summed E-state index contributed by atoms with van der Waals surface area (Å²) in [5.41, 5.74) is -0.0864. The van der Waals surface area contributed by atoms with Crippen LogP contribution in [-0.4, -0.2) is 59.4 Å². The first-order chi connectivity index (χ1) is 24.0. The van der Waals surface area contributed by atoms with Crippen LogP contribution in [0.1, 0.15) is 51.5 Å². The van der Waals surface area contributed by atoms with Gasteiger partial charge in [-0.2, -0.15) is 5.26 Å². The molecule has 0 radical (unpaired) electrons. The second-order valence-electron chi connectivity index (χ2n) is 13.2. The van der Waals surface area contributed by atoms with Gasteiger partial charge in [0.15, 0.2) is 9.84 Å². The molecule has 51 heavy (non-hydrogen) atoms. The third-order valence-corrected chi connectivity index (χ3v) is 10.1. The Hall–Kier alpha value is -5.50. The van der Waals surface area contributed by atoms with Crippen LogP contribution in [0.15, 0.2) is 70.1 Å². The zero-order valence-electron chi connectivity index (χ0n) is 27.5. The number of rotatable bonds is 7. The number of aromatic nitrogens is 3. The first-order valence-electron chi connectivity index (χ1n) is 15.7. The Kier molecular flexibility index (Phi) is 9.00. The van der Waals surface area contributed by atoms with Crippen LogP contribution >= 0.6 is 0 Å². The highest BCUT2D eigenvalue weighted by atomic mass is 32.2. The molecule has 0 spiro atoms. The van der Waals surface area contributed by atoms with Crippen LogP contribution in [0.5, 0.6) is 5.75 Å². The van der Waals surface area contributed by atoms with E-state index >= 15 is 0 Å². The van der Waals surface area contributed by atoms with Crippen LogP contribution in [0.4, 0.5) is 23.7 Å². The number of nitrogens with zero attached hydrogens (tertiary/aromatic N) is 5. The maximum absolute atomic E-state index is 14.2. The molecule has 1 aliphatic carbocycles. The lowest BCUT2D eigenvalue weighted by atomic mass is 9.70. The molecule has 2 amide bonds. The van der Waals surface area contributed by atoms with Crippen LogP contribution in [0, 0.1) is 11.3 Å². The van der Waals surface area contributed by atoms with Gasteiger partial charge in [0.05, 0.1) is 40.8 Å². The van der Waals surface area contributed by atoms with E-state index in [0.717, 1.165) is 18.7 Å². The maximum atomic E-state index is 14.2. The molecule has 13 nitrogen and oxygen atoms in total. The van der Waals surface area contributed by atoms with Gasteiger partial charge in [0.25, 0.3) is 5.91 Å². The highest BCUT2D eigenvalue weighted by Gasteiger charge is 2.45. The molecule has 17 heteroatoms. The summed E-state index contributed by atoms with van der Waals surface area (Å²) in [5, 5.41) is 20.3. The van der Waals surface area contributed by atoms with Gasteiger partial charge >= 0.3 is 12.5 Å². The third kappa shape index (κ3) is 7.65. The highest BCUT2D eigenvalue weighted by molar-refractivity contribution is 7.91. The summed E-state index contributed by atoms with van der Waals surface area (Å²) in [6.07, 6.45) is -2.94. The van der Waals surface area contributed by atoms with Crippen LogP contribution in [0.25, 0.3) is 22.7 Å². The average molecular weight is 725 g/mol. The van der Waals surface area contributed by atoms with Gasteiger partial charge in [-0.15, -0.1) is 23.4 Å². The van der Waals surface area contributed by atoms with Crippen molar-refractivity contribution in [2.75, 3.05) is 10.7 Å². The summed E-state index contributed by atoms with van der Waals surface area (Å²) >= 11 is 0. The molecule has 1 fully saturated rings. The van der Waals surface area contributed by atoms with Crippen molar-refractivity contribution in [3.8, 4) is 34.5 Å². The van der Waals surface area contributed by atoms with Crippen molar-refractivity contribution in [3.63, 3.8) is 0 Å². The number of hydrogen-bond acceptors (Lipinski definition) is 11. The maximum Gasteiger partial charge on any atom is 0.573 e. The SMILES string of the molecule is CC(C)(C)OC(=O)N[C@H]1CS(=O)(=O)c2ccc(-c3nnc(C4(C#N)CCC4)o3)cc2N(Cc2ccc(-c3ccc(OC(F)(F)F)cn3)cc2)C1=O. The summed E-state index contributed by atoms with van der Waals surface area (Å²) in [7, 11) is -4.18. The Labute approximate surface area is 290 Å². The minimum absolute atomic E-state index is 0.00428. The number of fused-ring (bicyclic) bond motifs is 1. The zero-order chi connectivity index (χ0) is 36.8. The van der Waals surface area contributed by atoms with E-state index in [1.807, 2.05) is 0 Å². The molecule has 4 aromatic rings. The van der Waals surface area contributed by atoms with E-state index in [1.54, 1.807) is 45.0 Å². The third-order valence-electron chi connectivity index (χ3n) is 8.29. The van der Waals surface area contributed by atoms with Crippen molar-refractivity contribution < 1.29 is 45.1 Å². The number of nitriles is 1. The number of hydrogen-bond donors (Lipinski definition) is 1. The molecule has 0 unspecified atom stereocenters. The van der Waals surface area contributed by atoms with Crippen molar-refractivity contribution in [3.05, 3.63) is 72.2 Å². The minimum atomic E-state index is -4.86. The molecule has 2 aromatic heterocycles. The van der Waals surface area contributed by atoms with E-state index in [-0.39, 0.29) is 28.9 Å². The predicted molar refractivity (Wildman–Crippen MR) is 174 cm³/mol. The van der Waals surface area contributed by atoms with Crippen LogP contribution in [0.3, 0.4) is 0 Å². The van der Waals surface area contributed by atoms with E-state index in [1.165, 1.54) is 29.2 Å². The molecule has 2 aromatic carbocycles. The number of carbonyl (C=O) groups is 2. The molecule has 3 heterocycles. The van der Waals surface area contributed by atoms with Crippen molar-refractivity contribution in [2.45, 2.75) is 74.9 Å². The number of pyridine rings is 1. The number of alkyl halides is 3. The molecule has 1 N–H and O–H groups in total. The van der Waals surface area contributed by atoms with Gasteiger partial charge in [0.2, 0.25) is 11.8 Å². The van der Waals surface area contributed by atoms with Gasteiger partial charge in [-0.25, -0.2) is 13.2 Å². The van der Waals surface area contributed by atoms with Crippen molar-refractivity contribution in [1.29, 1.82) is 5.26 Å². The first-order valence-corrected chi connectivity index (χ1v) is 17.3. The first kappa shape index (κ1) is 35.3. The van der Waals surface area contributed by atoms with Crippen molar-refractivity contribution >= 4 is 27.5 Å². The lowest BCUT2D eigenvalue weighted by Crippen LogP contribution is -2.51. The number of sulfone groups is 1. The summed E-state index contributed by atoms with van der Waals surface area (Å²) < 4.78 is 80.3. The minimum Gasteiger partial charge on any atom is -0.444 e. The zero-order valence-corrected chi connectivity index (χ0v) is 28.3. The van der Waals surface area contributed by atoms with Crippen molar-refractivity contribution in [1.82, 2.24) is 20.5 Å². The Balaban J connectivity index is 1.35. The Bertz CT molecular complexity index is 2120. The molecule has 2 aliphatic rings. The van der Waals surface area contributed by atoms with Gasteiger partial charge in [-0.1, -0.05) is 24.3 Å². The standard InChI is InChI=1S/C34H31F3N6O7S/c1-32(2,3)50-31(45)40-25-18-51(46,47)27-12-9-22(28-41-42-30(48-28)33(19-38)13-4-14-33)15-26(27)43(29(25)44)17-20-5-7-21(8-6-20)24-11-10-23(16-39-24)49-34(35,36)37/h5-12,15-16,25H,4,13-14,17-18H2,1-3H3,(H,40,45)/t25-/m0/s1. The van der Waals surface area contributed by atoms with E-state index in [2.05, 4.69) is 31.3 Å². The Morgan fingerprint density at radius 1 is 1.08 bits per heavy atom. The summed E-state index contributed by atoms with van der Waals surface area (Å²) in [6.45, 7) is 4.71. The molecule has 6 rings (SSSR count). The fourth-order valence-electron chi connectivity index (χ4n) is 5.67. The van der Waals surface area contributed by atoms with Gasteiger partial charge in [-0.3, -0.25) is 9.78 Å². The fourth-order valence-corrected chi connectivity index (χ4v) is 7.28. The number of benzene rings is 2. The number of halogens is 3. The van der Waals surface area contributed by atoms with Crippen LogP contribution < -0.4 is 15.0 Å². The molecule has 0 bridgehead atoms. The van der Waals surface area contributed by atoms with Crippen molar-refractivity contribution in [2.24, 2.45) is 0 Å². The van der Waals surface area contributed by atoms with Gasteiger partial charge in [0, 0.05) is 11.1 Å². The van der Waals surface area contributed by atoms with Crippen LogP contribution in [0.2, 0.25) is 0 Å². The number of anilines is 1. The molecule has 0 saturated heterocycles. The monoisotopic (exact) mass is 724 g/mol. The number of carbonyl (C=O) groups excluding carboxylic acids is 2. The lowest BCUT2D eigenvalue weighted by Gasteiger charge is -2.30. The summed E-state index contributed by atoms with van der Waals surface area (Å²) in [4.78, 5) is 32.0. The van der Waals surface area contributed by atoms with E-state index in [4.69, 9.17) is 9.15 Å². The normalized spacial score (nSPS) is 18.1. The summed E-state index contributed by atoms with van der Waals surface area (Å²) in [5.74, 6) is -1.79. The second kappa shape index (κ2) is 13.0.